The van der Waals surface area contributed by atoms with Crippen molar-refractivity contribution in [3.63, 3.8) is 0 Å². The number of aromatic hydroxyl groups is 1. The molecule has 0 spiro atoms. The number of thioether (sulfide) groups is 1. The number of pyridine rings is 1. The molecule has 0 aliphatic rings. The van der Waals surface area contributed by atoms with Gasteiger partial charge < -0.3 is 5.11 Å². The highest BCUT2D eigenvalue weighted by molar-refractivity contribution is 7.98. The van der Waals surface area contributed by atoms with Crippen LogP contribution in [0.4, 0.5) is 8.78 Å². The molecule has 7 heteroatoms. The van der Waals surface area contributed by atoms with E-state index in [-0.39, 0.29) is 21.9 Å². The Morgan fingerprint density at radius 2 is 1.70 bits per heavy atom. The number of para-hydroxylation sites is 1. The van der Waals surface area contributed by atoms with Gasteiger partial charge >= 0.3 is 0 Å². The zero-order chi connectivity index (χ0) is 16.6. The lowest BCUT2D eigenvalue weighted by atomic mass is 10.2. The molecule has 23 heavy (non-hydrogen) atoms. The summed E-state index contributed by atoms with van der Waals surface area (Å²) in [6.45, 7) is 0. The summed E-state index contributed by atoms with van der Waals surface area (Å²) in [5.74, 6) is -1.76. The van der Waals surface area contributed by atoms with Gasteiger partial charge in [-0.1, -0.05) is 36.7 Å². The molecule has 1 heterocycles. The highest BCUT2D eigenvalue weighted by Crippen LogP contribution is 2.31. The van der Waals surface area contributed by atoms with E-state index >= 15 is 0 Å². The number of aromatic nitrogens is 1. The summed E-state index contributed by atoms with van der Waals surface area (Å²) >= 11 is 1.31. The van der Waals surface area contributed by atoms with Crippen LogP contribution in [0.15, 0.2) is 41.4 Å². The van der Waals surface area contributed by atoms with Crippen LogP contribution in [0.1, 0.15) is 5.56 Å². The fraction of sp³-hybridized carbons (Fsp3) is 0.0625. The van der Waals surface area contributed by atoms with Gasteiger partial charge in [0.15, 0.2) is 0 Å². The van der Waals surface area contributed by atoms with Gasteiger partial charge in [-0.3, -0.25) is 4.98 Å². The van der Waals surface area contributed by atoms with Crippen molar-refractivity contribution in [2.75, 3.05) is 0 Å². The lowest BCUT2D eigenvalue weighted by Gasteiger charge is -2.12. The van der Waals surface area contributed by atoms with Gasteiger partial charge in [0.05, 0.1) is 5.52 Å². The normalized spacial score (nSPS) is 11.1. The van der Waals surface area contributed by atoms with Gasteiger partial charge in [0, 0.05) is 38.4 Å². The van der Waals surface area contributed by atoms with Crippen LogP contribution in [0.2, 0.25) is 0 Å². The predicted molar refractivity (Wildman–Crippen MR) is 98.0 cm³/mol. The molecule has 2 nitrogen and oxygen atoms in total. The Bertz CT molecular complexity index is 870. The molecule has 0 bridgehead atoms. The average Bonchev–Trinajstić information content (AvgIpc) is 2.58. The molecule has 0 amide bonds. The molecule has 0 fully saturated rings. The summed E-state index contributed by atoms with van der Waals surface area (Å²) in [6.07, 6.45) is 1.69. The van der Waals surface area contributed by atoms with Crippen LogP contribution in [-0.2, 0) is 5.75 Å². The number of phenolic OH excluding ortho intramolecular Hbond substituents is 1. The van der Waals surface area contributed by atoms with Gasteiger partial charge in [0.25, 0.3) is 0 Å². The summed E-state index contributed by atoms with van der Waals surface area (Å²) in [5, 5.41) is 10.6. The smallest absolute Gasteiger partial charge is 0.141 e. The molecule has 0 saturated heterocycles. The third-order valence-corrected chi connectivity index (χ3v) is 5.61. The van der Waals surface area contributed by atoms with Crippen molar-refractivity contribution < 1.29 is 13.9 Å². The molecular formula is C16H13F2NOP2S. The largest absolute Gasteiger partial charge is 0.506 e. The molecule has 1 N–H and O–H groups in total. The molecule has 2 aromatic carbocycles. The molecule has 0 saturated carbocycles. The first kappa shape index (κ1) is 16.6. The summed E-state index contributed by atoms with van der Waals surface area (Å²) < 4.78 is 28.5. The summed E-state index contributed by atoms with van der Waals surface area (Å²) in [4.78, 5) is 5.18. The molecule has 0 radical (unpaired) electrons. The van der Waals surface area contributed by atoms with Crippen LogP contribution >= 0.6 is 30.2 Å². The maximum atomic E-state index is 14.3. The lowest BCUT2D eigenvalue weighted by Crippen LogP contribution is -2.16. The van der Waals surface area contributed by atoms with Gasteiger partial charge in [0.1, 0.15) is 17.4 Å². The average molecular weight is 367 g/mol. The molecule has 3 aromatic rings. The number of halogens is 2. The standard InChI is InChI=1S/C16H13F2NOP2S/c17-11-9(12(18)16(22)14(20)15(11)21)7-23-10-5-1-3-8-4-2-6-19-13(8)10/h1-6,20H,7,21-22H2. The first-order valence-electron chi connectivity index (χ1n) is 6.71. The topological polar surface area (TPSA) is 33.1 Å². The minimum Gasteiger partial charge on any atom is -0.506 e. The van der Waals surface area contributed by atoms with Crippen LogP contribution in [0.5, 0.6) is 5.75 Å². The van der Waals surface area contributed by atoms with Gasteiger partial charge in [-0.25, -0.2) is 8.78 Å². The minimum absolute atomic E-state index is 0.0250. The molecule has 1 aromatic heterocycles. The molecule has 3 rings (SSSR count). The van der Waals surface area contributed by atoms with Gasteiger partial charge in [-0.2, -0.15) is 0 Å². The molecule has 0 aliphatic heterocycles. The van der Waals surface area contributed by atoms with Crippen molar-refractivity contribution in [2.45, 2.75) is 10.6 Å². The maximum absolute atomic E-state index is 14.3. The zero-order valence-electron chi connectivity index (χ0n) is 11.9. The first-order chi connectivity index (χ1) is 11.0. The van der Waals surface area contributed by atoms with Crippen molar-refractivity contribution in [3.05, 3.63) is 53.7 Å². The molecule has 2 atom stereocenters. The van der Waals surface area contributed by atoms with Crippen molar-refractivity contribution in [1.29, 1.82) is 0 Å². The van der Waals surface area contributed by atoms with Gasteiger partial charge in [-0.05, 0) is 12.1 Å². The number of phenols is 1. The van der Waals surface area contributed by atoms with E-state index in [0.717, 1.165) is 15.8 Å². The molecule has 118 valence electrons. The summed E-state index contributed by atoms with van der Waals surface area (Å²) in [5.41, 5.74) is 0.743. The third-order valence-electron chi connectivity index (χ3n) is 3.48. The number of benzene rings is 2. The number of nitrogens with zero attached hydrogens (tertiary/aromatic N) is 1. The van der Waals surface area contributed by atoms with E-state index in [2.05, 4.69) is 23.5 Å². The van der Waals surface area contributed by atoms with Crippen LogP contribution in [-0.4, -0.2) is 10.1 Å². The van der Waals surface area contributed by atoms with Gasteiger partial charge in [-0.15, -0.1) is 11.8 Å². The Labute approximate surface area is 141 Å². The number of fused-ring (bicyclic) bond motifs is 1. The highest BCUT2D eigenvalue weighted by Gasteiger charge is 2.20. The van der Waals surface area contributed by atoms with E-state index < -0.39 is 17.4 Å². The van der Waals surface area contributed by atoms with Crippen LogP contribution in [0, 0.1) is 11.6 Å². The first-order valence-corrected chi connectivity index (χ1v) is 8.85. The second kappa shape index (κ2) is 6.68. The number of rotatable bonds is 3. The predicted octanol–water partition coefficient (Wildman–Crippen LogP) is 3.51. The van der Waals surface area contributed by atoms with Crippen LogP contribution in [0.25, 0.3) is 10.9 Å². The van der Waals surface area contributed by atoms with E-state index in [1.165, 1.54) is 11.8 Å². The zero-order valence-corrected chi connectivity index (χ0v) is 15.0. The molecule has 0 aliphatic carbocycles. The van der Waals surface area contributed by atoms with Crippen LogP contribution < -0.4 is 10.6 Å². The van der Waals surface area contributed by atoms with Gasteiger partial charge in [0.2, 0.25) is 0 Å². The number of hydrogen-bond donors (Lipinski definition) is 1. The Morgan fingerprint density at radius 1 is 1.04 bits per heavy atom. The fourth-order valence-corrected chi connectivity index (χ4v) is 4.11. The van der Waals surface area contributed by atoms with Crippen molar-refractivity contribution >= 4 is 51.8 Å². The third kappa shape index (κ3) is 3.06. The van der Waals surface area contributed by atoms with Crippen molar-refractivity contribution in [1.82, 2.24) is 4.98 Å². The summed E-state index contributed by atoms with van der Waals surface area (Å²) in [6, 6.07) is 9.49. The van der Waals surface area contributed by atoms with E-state index in [4.69, 9.17) is 0 Å². The second-order valence-corrected chi connectivity index (χ2v) is 7.07. The SMILES string of the molecule is Oc1c(P)c(F)c(CSc2cccc3cccnc23)c(F)c1P. The maximum Gasteiger partial charge on any atom is 0.141 e. The van der Waals surface area contributed by atoms with E-state index in [0.29, 0.717) is 0 Å². The van der Waals surface area contributed by atoms with E-state index in [1.54, 1.807) is 6.20 Å². The quantitative estimate of drug-likeness (QED) is 0.568. The second-order valence-electron chi connectivity index (χ2n) is 4.90. The van der Waals surface area contributed by atoms with E-state index in [9.17, 15) is 13.9 Å². The fourth-order valence-electron chi connectivity index (χ4n) is 2.24. The Hall–Kier alpha value is -1.28. The Balaban J connectivity index is 1.98. The van der Waals surface area contributed by atoms with E-state index in [1.807, 2.05) is 30.3 Å². The Morgan fingerprint density at radius 3 is 2.39 bits per heavy atom. The van der Waals surface area contributed by atoms with Crippen molar-refractivity contribution in [2.24, 2.45) is 0 Å². The molecular weight excluding hydrogens is 354 g/mol. The molecule has 2 unspecified atom stereocenters. The minimum atomic E-state index is -0.739. The monoisotopic (exact) mass is 367 g/mol. The lowest BCUT2D eigenvalue weighted by molar-refractivity contribution is 0.472. The van der Waals surface area contributed by atoms with Crippen molar-refractivity contribution in [3.8, 4) is 5.75 Å². The number of hydrogen-bond acceptors (Lipinski definition) is 3. The van der Waals surface area contributed by atoms with Crippen LogP contribution in [0.3, 0.4) is 0 Å². The Kier molecular flexibility index (Phi) is 4.82. The highest BCUT2D eigenvalue weighted by atomic mass is 32.2. The summed E-state index contributed by atoms with van der Waals surface area (Å²) in [7, 11) is 4.22.